The molecule has 1 amide bonds. The number of hydrogen-bond donors (Lipinski definition) is 2. The van der Waals surface area contributed by atoms with Crippen molar-refractivity contribution < 1.29 is 42.8 Å². The average Bonchev–Trinajstić information content (AvgIpc) is 3.63. The van der Waals surface area contributed by atoms with E-state index in [4.69, 9.17) is 38.0 Å². The molecule has 4 aromatic carbocycles. The van der Waals surface area contributed by atoms with E-state index in [1.807, 2.05) is 73.7 Å². The van der Waals surface area contributed by atoms with Gasteiger partial charge in [0.25, 0.3) is 5.91 Å². The highest BCUT2D eigenvalue weighted by Gasteiger charge is 2.28. The van der Waals surface area contributed by atoms with Gasteiger partial charge in [-0.15, -0.1) is 0 Å². The number of methoxy groups -OCH3 is 5. The van der Waals surface area contributed by atoms with Crippen LogP contribution in [0.2, 0.25) is 0 Å². The van der Waals surface area contributed by atoms with E-state index in [-0.39, 0.29) is 25.2 Å². The fourth-order valence-corrected chi connectivity index (χ4v) is 5.81. The predicted octanol–water partition coefficient (Wildman–Crippen LogP) is 6.22. The van der Waals surface area contributed by atoms with Crippen molar-refractivity contribution in [1.82, 2.24) is 5.32 Å². The van der Waals surface area contributed by atoms with Gasteiger partial charge in [0.15, 0.2) is 40.6 Å². The van der Waals surface area contributed by atoms with Crippen LogP contribution >= 0.6 is 0 Å². The van der Waals surface area contributed by atoms with Crippen molar-refractivity contribution in [2.75, 3.05) is 54.1 Å². The Morgan fingerprint density at radius 2 is 1.37 bits per heavy atom. The smallest absolute Gasteiger partial charge is 0.255 e. The fourth-order valence-electron chi connectivity index (χ4n) is 5.81. The van der Waals surface area contributed by atoms with Crippen LogP contribution in [0.4, 0.5) is 5.69 Å². The molecule has 0 aliphatic carbocycles. The Morgan fingerprint density at radius 3 is 2.06 bits per heavy atom. The van der Waals surface area contributed by atoms with E-state index in [9.17, 15) is 4.79 Å². The first kappa shape index (κ1) is 33.1. The summed E-state index contributed by atoms with van der Waals surface area (Å²) in [5.74, 6) is 3.65. The topological polar surface area (TPSA) is 127 Å². The lowest BCUT2D eigenvalue weighted by Gasteiger charge is -2.28. The number of nitrogens with zero attached hydrogens (tertiary/aromatic N) is 1. The van der Waals surface area contributed by atoms with E-state index < -0.39 is 6.17 Å². The van der Waals surface area contributed by atoms with Crippen LogP contribution in [0.1, 0.15) is 51.3 Å². The van der Waals surface area contributed by atoms with Gasteiger partial charge in [-0.2, -0.15) is 0 Å². The first-order valence-corrected chi connectivity index (χ1v) is 15.7. The molecular formula is C37H39N3O9. The maximum Gasteiger partial charge on any atom is 0.255 e. The Hall–Kier alpha value is -5.78. The number of anilines is 1. The second kappa shape index (κ2) is 14.5. The zero-order valence-electron chi connectivity index (χ0n) is 28.2. The van der Waals surface area contributed by atoms with Crippen LogP contribution in [-0.2, 0) is 4.84 Å². The fraction of sp³-hybridized carbons (Fsp3) is 0.297. The van der Waals surface area contributed by atoms with Gasteiger partial charge < -0.3 is 48.6 Å². The van der Waals surface area contributed by atoms with Crippen molar-refractivity contribution in [3.63, 3.8) is 0 Å². The number of oxime groups is 1. The number of benzene rings is 4. The maximum absolute atomic E-state index is 12.8. The molecule has 256 valence electrons. The van der Waals surface area contributed by atoms with Gasteiger partial charge in [0.1, 0.15) is 19.4 Å². The van der Waals surface area contributed by atoms with E-state index in [1.165, 1.54) is 0 Å². The zero-order valence-corrected chi connectivity index (χ0v) is 28.2. The quantitative estimate of drug-likeness (QED) is 0.159. The maximum atomic E-state index is 12.8. The summed E-state index contributed by atoms with van der Waals surface area (Å²) in [6.45, 7) is 2.43. The molecule has 0 radical (unpaired) electrons. The third kappa shape index (κ3) is 6.94. The normalized spacial score (nSPS) is 16.3. The SMILES string of the molecule is COc1cc(C2NC(=O)c3cc(C)ccc3N2)ccc1OCCOc1cc(C2=NOC(c3cc(OC)c(OC)c(OC)c3)C2)ccc1OC. The summed E-state index contributed by atoms with van der Waals surface area (Å²) >= 11 is 0. The molecule has 2 atom stereocenters. The van der Waals surface area contributed by atoms with Crippen LogP contribution in [-0.4, -0.2) is 60.4 Å². The van der Waals surface area contributed by atoms with Gasteiger partial charge in [-0.3, -0.25) is 4.79 Å². The summed E-state index contributed by atoms with van der Waals surface area (Å²) in [4.78, 5) is 18.6. The molecule has 49 heavy (non-hydrogen) atoms. The van der Waals surface area contributed by atoms with E-state index in [0.717, 1.165) is 33.7 Å². The molecule has 0 aromatic heterocycles. The van der Waals surface area contributed by atoms with Crippen LogP contribution in [0.15, 0.2) is 71.9 Å². The Labute approximate surface area is 284 Å². The molecule has 2 N–H and O–H groups in total. The van der Waals surface area contributed by atoms with Crippen molar-refractivity contribution in [2.24, 2.45) is 5.16 Å². The summed E-state index contributed by atoms with van der Waals surface area (Å²) in [6, 6.07) is 20.6. The first-order valence-electron chi connectivity index (χ1n) is 15.7. The molecule has 12 heteroatoms. The number of nitrogens with one attached hydrogen (secondary N) is 2. The largest absolute Gasteiger partial charge is 0.493 e. The number of rotatable bonds is 13. The average molecular weight is 670 g/mol. The number of fused-ring (bicyclic) bond motifs is 1. The number of aryl methyl sites for hydroxylation is 1. The molecule has 2 heterocycles. The van der Waals surface area contributed by atoms with Gasteiger partial charge in [-0.05, 0) is 67.1 Å². The van der Waals surface area contributed by atoms with E-state index in [0.29, 0.717) is 52.2 Å². The van der Waals surface area contributed by atoms with Gasteiger partial charge in [0.05, 0.1) is 46.8 Å². The second-order valence-electron chi connectivity index (χ2n) is 11.4. The summed E-state index contributed by atoms with van der Waals surface area (Å²) in [7, 11) is 7.88. The Bertz CT molecular complexity index is 1850. The summed E-state index contributed by atoms with van der Waals surface area (Å²) < 4.78 is 39.8. The Morgan fingerprint density at radius 1 is 0.694 bits per heavy atom. The monoisotopic (exact) mass is 669 g/mol. The summed E-state index contributed by atoms with van der Waals surface area (Å²) in [5.41, 5.74) is 5.69. The molecule has 2 unspecified atom stereocenters. The van der Waals surface area contributed by atoms with Gasteiger partial charge in [0.2, 0.25) is 5.75 Å². The van der Waals surface area contributed by atoms with E-state index in [1.54, 1.807) is 35.5 Å². The van der Waals surface area contributed by atoms with E-state index in [2.05, 4.69) is 15.8 Å². The standard InChI is InChI=1S/C37H39N3O9/c1-21-7-10-26-25(15-21)37(41)39-36(38-26)23-9-12-29(31(17-23)43-3)47-13-14-48-32-16-22(8-11-28(32)42-2)27-20-30(49-40-27)24-18-33(44-4)35(46-6)34(19-24)45-5/h7-12,15-19,30,36,38H,13-14,20H2,1-6H3,(H,39,41). The zero-order chi connectivity index (χ0) is 34.5. The molecular weight excluding hydrogens is 630 g/mol. The minimum Gasteiger partial charge on any atom is -0.493 e. The molecule has 6 rings (SSSR count). The van der Waals surface area contributed by atoms with Crippen molar-refractivity contribution in [3.05, 3.63) is 94.5 Å². The van der Waals surface area contributed by atoms with Crippen LogP contribution in [0.25, 0.3) is 0 Å². The number of ether oxygens (including phenoxy) is 7. The molecule has 0 fully saturated rings. The minimum absolute atomic E-state index is 0.135. The number of carbonyl (C=O) groups is 1. The molecule has 12 nitrogen and oxygen atoms in total. The van der Waals surface area contributed by atoms with Crippen molar-refractivity contribution in [3.8, 4) is 40.2 Å². The van der Waals surface area contributed by atoms with Crippen LogP contribution < -0.4 is 43.8 Å². The number of hydrogen-bond acceptors (Lipinski definition) is 11. The molecule has 0 spiro atoms. The Balaban J connectivity index is 1.08. The van der Waals surface area contributed by atoms with Crippen molar-refractivity contribution in [1.29, 1.82) is 0 Å². The lowest BCUT2D eigenvalue weighted by Crippen LogP contribution is -2.38. The first-order chi connectivity index (χ1) is 23.8. The lowest BCUT2D eigenvalue weighted by molar-refractivity contribution is 0.0853. The van der Waals surface area contributed by atoms with Crippen LogP contribution in [0, 0.1) is 6.92 Å². The molecule has 0 bridgehead atoms. The highest BCUT2D eigenvalue weighted by molar-refractivity contribution is 6.02. The lowest BCUT2D eigenvalue weighted by atomic mass is 9.99. The summed E-state index contributed by atoms with van der Waals surface area (Å²) in [6.07, 6.45) is -0.230. The van der Waals surface area contributed by atoms with Crippen LogP contribution in [0.3, 0.4) is 0 Å². The van der Waals surface area contributed by atoms with Gasteiger partial charge in [-0.1, -0.05) is 22.9 Å². The van der Waals surface area contributed by atoms with Crippen LogP contribution in [0.5, 0.6) is 40.2 Å². The minimum atomic E-state index is -0.416. The third-order valence-electron chi connectivity index (χ3n) is 8.34. The molecule has 4 aromatic rings. The molecule has 2 aliphatic rings. The van der Waals surface area contributed by atoms with Gasteiger partial charge in [0, 0.05) is 23.2 Å². The Kier molecular flexibility index (Phi) is 9.84. The van der Waals surface area contributed by atoms with Crippen molar-refractivity contribution in [2.45, 2.75) is 25.6 Å². The van der Waals surface area contributed by atoms with Crippen molar-refractivity contribution >= 4 is 17.3 Å². The highest BCUT2D eigenvalue weighted by atomic mass is 16.6. The molecule has 0 saturated carbocycles. The molecule has 2 aliphatic heterocycles. The predicted molar refractivity (Wildman–Crippen MR) is 183 cm³/mol. The third-order valence-corrected chi connectivity index (χ3v) is 8.34. The number of carbonyl (C=O) groups excluding carboxylic acids is 1. The van der Waals surface area contributed by atoms with Gasteiger partial charge in [-0.25, -0.2) is 0 Å². The molecule has 0 saturated heterocycles. The van der Waals surface area contributed by atoms with E-state index >= 15 is 0 Å². The summed E-state index contributed by atoms with van der Waals surface area (Å²) in [5, 5.41) is 10.8. The van der Waals surface area contributed by atoms with Gasteiger partial charge >= 0.3 is 0 Å². The second-order valence-corrected chi connectivity index (χ2v) is 11.4. The highest BCUT2D eigenvalue weighted by Crippen LogP contribution is 2.42. The number of amides is 1.